The van der Waals surface area contributed by atoms with Gasteiger partial charge < -0.3 is 20.1 Å². The molecule has 0 aliphatic rings. The molecule has 0 rings (SSSR count). The topological polar surface area (TPSA) is 131 Å². The van der Waals surface area contributed by atoms with E-state index < -0.39 is 26.5 Å². The Labute approximate surface area is 317 Å². The summed E-state index contributed by atoms with van der Waals surface area (Å²) < 4.78 is 26.8. The lowest BCUT2D eigenvalue weighted by Gasteiger charge is -2.15. The fraction of sp³-hybridized carbons (Fsp3) is 0.714. The highest BCUT2D eigenvalue weighted by atomic mass is 31.2. The van der Waals surface area contributed by atoms with Gasteiger partial charge >= 0.3 is 13.8 Å². The van der Waals surface area contributed by atoms with E-state index in [1.54, 1.807) is 0 Å². The van der Waals surface area contributed by atoms with Gasteiger partial charge in [-0.2, -0.15) is 0 Å². The molecule has 0 spiro atoms. The number of phosphoric acid groups is 1. The molecule has 0 aromatic rings. The van der Waals surface area contributed by atoms with Crippen LogP contribution < -0.4 is 5.32 Å². The lowest BCUT2D eigenvalue weighted by molar-refractivity contribution is -0.147. The van der Waals surface area contributed by atoms with Gasteiger partial charge in [-0.15, -0.1) is 0 Å². The summed E-state index contributed by atoms with van der Waals surface area (Å²) in [6, 6.07) is 0. The Bertz CT molecular complexity index is 1040. The highest BCUT2D eigenvalue weighted by Crippen LogP contribution is 2.42. The number of nitrogens with one attached hydrogen (secondary N) is 1. The monoisotopic (exact) mass is 752 g/mol. The van der Waals surface area contributed by atoms with Gasteiger partial charge in [0.05, 0.1) is 13.2 Å². The zero-order valence-electron chi connectivity index (χ0n) is 32.7. The lowest BCUT2D eigenvalue weighted by atomic mass is 10.1. The van der Waals surface area contributed by atoms with Crippen LogP contribution in [-0.4, -0.2) is 54.3 Å². The molecule has 0 aliphatic carbocycles. The molecular formula is C42H74NO8P. The average molecular weight is 752 g/mol. The molecule has 300 valence electrons. The first-order valence-electron chi connectivity index (χ1n) is 20.3. The molecule has 0 radical (unpaired) electrons. The van der Waals surface area contributed by atoms with Crippen molar-refractivity contribution in [3.8, 4) is 0 Å². The van der Waals surface area contributed by atoms with Crippen molar-refractivity contribution in [2.45, 2.75) is 168 Å². The maximum Gasteiger partial charge on any atom is 0.472 e. The van der Waals surface area contributed by atoms with Gasteiger partial charge in [0.2, 0.25) is 5.91 Å². The van der Waals surface area contributed by atoms with E-state index in [-0.39, 0.29) is 32.1 Å². The third-order valence-corrected chi connectivity index (χ3v) is 9.15. The van der Waals surface area contributed by atoms with Crippen LogP contribution in [0.3, 0.4) is 0 Å². The summed E-state index contributed by atoms with van der Waals surface area (Å²) in [6.45, 7) is 3.42. The molecule has 52 heavy (non-hydrogen) atoms. The van der Waals surface area contributed by atoms with Crippen molar-refractivity contribution in [3.63, 3.8) is 0 Å². The van der Waals surface area contributed by atoms with Crippen molar-refractivity contribution < 1.29 is 37.9 Å². The molecule has 0 bridgehead atoms. The molecule has 3 N–H and O–H groups in total. The van der Waals surface area contributed by atoms with Gasteiger partial charge in [-0.25, -0.2) is 4.57 Å². The number of rotatable bonds is 37. The Hall–Kier alpha value is -2.29. The molecule has 0 aromatic heterocycles. The number of allylic oxidation sites excluding steroid dienone is 10. The van der Waals surface area contributed by atoms with Gasteiger partial charge in [-0.05, 0) is 77.0 Å². The van der Waals surface area contributed by atoms with E-state index >= 15 is 0 Å². The third-order valence-electron chi connectivity index (χ3n) is 8.17. The summed E-state index contributed by atoms with van der Waals surface area (Å²) in [5.41, 5.74) is 0. The molecule has 0 saturated heterocycles. The van der Waals surface area contributed by atoms with Crippen molar-refractivity contribution in [1.29, 1.82) is 0 Å². The quantitative estimate of drug-likeness (QED) is 0.0247. The predicted octanol–water partition coefficient (Wildman–Crippen LogP) is 10.9. The first kappa shape index (κ1) is 49.7. The number of ether oxygens (including phenoxy) is 1. The second kappa shape index (κ2) is 38.4. The summed E-state index contributed by atoms with van der Waals surface area (Å²) >= 11 is 0. The number of carbonyl (C=O) groups is 2. The van der Waals surface area contributed by atoms with Gasteiger partial charge in [0, 0.05) is 19.4 Å². The summed E-state index contributed by atoms with van der Waals surface area (Å²) in [5.74, 6) is -0.587. The molecule has 10 heteroatoms. The Morgan fingerprint density at radius 1 is 0.596 bits per heavy atom. The Morgan fingerprint density at radius 2 is 1.06 bits per heavy atom. The van der Waals surface area contributed by atoms with Crippen LogP contribution in [0.15, 0.2) is 60.8 Å². The summed E-state index contributed by atoms with van der Waals surface area (Å²) in [4.78, 5) is 33.8. The fourth-order valence-corrected chi connectivity index (χ4v) is 5.83. The molecule has 2 atom stereocenters. The number of unbranched alkanes of at least 4 members (excludes halogenated alkanes) is 14. The number of hydrogen-bond donors (Lipinski definition) is 3. The van der Waals surface area contributed by atoms with E-state index in [4.69, 9.17) is 13.8 Å². The van der Waals surface area contributed by atoms with Crippen LogP contribution >= 0.6 is 7.82 Å². The number of esters is 1. The van der Waals surface area contributed by atoms with E-state index in [9.17, 15) is 24.2 Å². The van der Waals surface area contributed by atoms with Gasteiger partial charge in [0.1, 0.15) is 12.7 Å². The van der Waals surface area contributed by atoms with Crippen LogP contribution in [0.5, 0.6) is 0 Å². The van der Waals surface area contributed by atoms with Crippen LogP contribution in [0.4, 0.5) is 0 Å². The number of aliphatic hydroxyl groups is 1. The molecule has 0 saturated carbocycles. The minimum absolute atomic E-state index is 0.0684. The summed E-state index contributed by atoms with van der Waals surface area (Å²) in [7, 11) is -4.43. The molecule has 0 aromatic carbocycles. The zero-order valence-corrected chi connectivity index (χ0v) is 33.6. The number of amides is 1. The minimum atomic E-state index is -4.43. The molecule has 0 aliphatic heterocycles. The van der Waals surface area contributed by atoms with E-state index in [0.29, 0.717) is 12.8 Å². The van der Waals surface area contributed by atoms with Crippen LogP contribution in [0.25, 0.3) is 0 Å². The van der Waals surface area contributed by atoms with E-state index in [1.165, 1.54) is 70.6 Å². The molecule has 2 unspecified atom stereocenters. The number of carbonyl (C=O) groups excluding carboxylic acids is 2. The van der Waals surface area contributed by atoms with E-state index in [1.807, 2.05) is 6.08 Å². The third kappa shape index (κ3) is 38.9. The highest BCUT2D eigenvalue weighted by Gasteiger charge is 2.23. The molecule has 1 amide bonds. The first-order chi connectivity index (χ1) is 25.3. The second-order valence-electron chi connectivity index (χ2n) is 13.2. The van der Waals surface area contributed by atoms with E-state index in [2.05, 4.69) is 73.8 Å². The van der Waals surface area contributed by atoms with Crippen LogP contribution in [0, 0.1) is 0 Å². The normalized spacial score (nSPS) is 14.0. The van der Waals surface area contributed by atoms with Crippen molar-refractivity contribution in [1.82, 2.24) is 5.32 Å². The van der Waals surface area contributed by atoms with Crippen molar-refractivity contribution in [2.24, 2.45) is 0 Å². The van der Waals surface area contributed by atoms with Crippen LogP contribution in [0.2, 0.25) is 0 Å². The Kier molecular flexibility index (Phi) is 36.7. The van der Waals surface area contributed by atoms with Gasteiger partial charge in [-0.3, -0.25) is 18.6 Å². The first-order valence-corrected chi connectivity index (χ1v) is 21.8. The largest absolute Gasteiger partial charge is 0.472 e. The van der Waals surface area contributed by atoms with E-state index in [0.717, 1.165) is 57.8 Å². The lowest BCUT2D eigenvalue weighted by Crippen LogP contribution is -2.27. The van der Waals surface area contributed by atoms with Gasteiger partial charge in [0.25, 0.3) is 0 Å². The second-order valence-corrected chi connectivity index (χ2v) is 14.7. The predicted molar refractivity (Wildman–Crippen MR) is 215 cm³/mol. The highest BCUT2D eigenvalue weighted by molar-refractivity contribution is 7.47. The number of hydrogen-bond acceptors (Lipinski definition) is 7. The SMILES string of the molecule is CCCCC/C=C\C/C=C\C/C=C\C/C=C\CCCC(=O)OCC(O)COP(=O)(O)OCCNC(=O)CCCCCCC/C=C\CCCCCCC. The van der Waals surface area contributed by atoms with Crippen molar-refractivity contribution in [2.75, 3.05) is 26.4 Å². The summed E-state index contributed by atoms with van der Waals surface area (Å²) in [6.07, 6.45) is 44.4. The smallest absolute Gasteiger partial charge is 0.463 e. The number of phosphoric ester groups is 1. The Morgan fingerprint density at radius 3 is 1.65 bits per heavy atom. The Balaban J connectivity index is 3.72. The van der Waals surface area contributed by atoms with Crippen molar-refractivity contribution in [3.05, 3.63) is 60.8 Å². The maximum absolute atomic E-state index is 12.1. The average Bonchev–Trinajstić information content (AvgIpc) is 3.13. The molecule has 9 nitrogen and oxygen atoms in total. The molecule has 0 heterocycles. The number of aliphatic hydroxyl groups excluding tert-OH is 1. The minimum Gasteiger partial charge on any atom is -0.463 e. The maximum atomic E-state index is 12.1. The molecular weight excluding hydrogens is 677 g/mol. The van der Waals surface area contributed by atoms with Crippen LogP contribution in [-0.2, 0) is 27.9 Å². The van der Waals surface area contributed by atoms with Gasteiger partial charge in [-0.1, -0.05) is 132 Å². The standard InChI is InChI=1S/C42H74NO8P/c1-3-5-7-9-11-13-15-17-19-20-21-23-25-27-29-31-33-35-42(46)49-38-40(44)39-51-52(47,48)50-37-36-43-41(45)34-32-30-28-26-24-22-18-16-14-12-10-8-6-4-2/h11,13,16-19,21,23,27,29,40,44H,3-10,12,14-15,20,22,24-26,28,30-39H2,1-2H3,(H,43,45)(H,47,48)/b13-11-,18-16-,19-17-,23-21-,29-27-. The zero-order chi connectivity index (χ0) is 38.2. The molecule has 0 fully saturated rings. The van der Waals surface area contributed by atoms with Gasteiger partial charge in [0.15, 0.2) is 0 Å². The summed E-state index contributed by atoms with van der Waals surface area (Å²) in [5, 5.41) is 12.6. The van der Waals surface area contributed by atoms with Crippen LogP contribution in [0.1, 0.15) is 162 Å². The van der Waals surface area contributed by atoms with Crippen molar-refractivity contribution >= 4 is 19.7 Å². The fourth-order valence-electron chi connectivity index (χ4n) is 5.07.